The maximum absolute atomic E-state index is 11.3. The first-order valence-corrected chi connectivity index (χ1v) is 7.18. The van der Waals surface area contributed by atoms with Crippen molar-refractivity contribution in [3.05, 3.63) is 29.8 Å². The molecule has 0 saturated carbocycles. The van der Waals surface area contributed by atoms with Crippen LogP contribution in [0.1, 0.15) is 5.56 Å². The van der Waals surface area contributed by atoms with E-state index in [1.165, 1.54) is 6.26 Å². The summed E-state index contributed by atoms with van der Waals surface area (Å²) in [5.41, 5.74) is 0.925. The van der Waals surface area contributed by atoms with Crippen LogP contribution in [0.25, 0.3) is 0 Å². The van der Waals surface area contributed by atoms with Gasteiger partial charge in [-0.05, 0) is 17.7 Å². The highest BCUT2D eigenvalue weighted by molar-refractivity contribution is 7.90. The van der Waals surface area contributed by atoms with Crippen molar-refractivity contribution in [1.29, 1.82) is 0 Å². The second kappa shape index (κ2) is 4.37. The zero-order chi connectivity index (χ0) is 12.5. The van der Waals surface area contributed by atoms with Crippen LogP contribution in [0, 0.1) is 0 Å². The first-order chi connectivity index (χ1) is 7.97. The lowest BCUT2D eigenvalue weighted by Crippen LogP contribution is -2.27. The van der Waals surface area contributed by atoms with E-state index < -0.39 is 9.84 Å². The van der Waals surface area contributed by atoms with Gasteiger partial charge in [-0.3, -0.25) is 0 Å². The van der Waals surface area contributed by atoms with Gasteiger partial charge in [-0.25, -0.2) is 13.2 Å². The summed E-state index contributed by atoms with van der Waals surface area (Å²) in [5.74, 6) is 0. The number of hydrogen-bond acceptors (Lipinski definition) is 3. The smallest absolute Gasteiger partial charge is 0.317 e. The summed E-state index contributed by atoms with van der Waals surface area (Å²) in [5, 5.41) is 2.72. The molecular formula is C11H14N2O3S. The van der Waals surface area contributed by atoms with Crippen molar-refractivity contribution in [2.24, 2.45) is 0 Å². The predicted octanol–water partition coefficient (Wildman–Crippen LogP) is 0.615. The number of amides is 2. The van der Waals surface area contributed by atoms with Crippen molar-refractivity contribution in [3.63, 3.8) is 0 Å². The summed E-state index contributed by atoms with van der Waals surface area (Å²) in [4.78, 5) is 13.3. The van der Waals surface area contributed by atoms with E-state index in [9.17, 15) is 13.2 Å². The number of benzene rings is 1. The molecule has 92 valence electrons. The second-order valence-electron chi connectivity index (χ2n) is 4.07. The Morgan fingerprint density at radius 3 is 2.41 bits per heavy atom. The van der Waals surface area contributed by atoms with E-state index in [1.807, 2.05) is 0 Å². The van der Waals surface area contributed by atoms with Crippen LogP contribution in [-0.2, 0) is 16.4 Å². The lowest BCUT2D eigenvalue weighted by Gasteiger charge is -2.14. The van der Waals surface area contributed by atoms with Crippen molar-refractivity contribution in [2.45, 2.75) is 11.4 Å². The molecule has 17 heavy (non-hydrogen) atoms. The Morgan fingerprint density at radius 1 is 1.29 bits per heavy atom. The maximum Gasteiger partial charge on any atom is 0.317 e. The summed E-state index contributed by atoms with van der Waals surface area (Å²) in [6, 6.07) is 6.54. The molecule has 6 heteroatoms. The van der Waals surface area contributed by atoms with Crippen LogP contribution >= 0.6 is 0 Å². The predicted molar refractivity (Wildman–Crippen MR) is 63.4 cm³/mol. The molecule has 1 fully saturated rings. The Hall–Kier alpha value is -1.56. The second-order valence-corrected chi connectivity index (χ2v) is 6.09. The Balaban J connectivity index is 2.11. The fraction of sp³-hybridized carbons (Fsp3) is 0.364. The number of carbonyl (C=O) groups excluding carboxylic acids is 1. The van der Waals surface area contributed by atoms with Gasteiger partial charge in [0.2, 0.25) is 0 Å². The first-order valence-electron chi connectivity index (χ1n) is 5.28. The molecule has 1 aromatic rings. The minimum atomic E-state index is -3.15. The van der Waals surface area contributed by atoms with Gasteiger partial charge in [0.1, 0.15) is 0 Å². The summed E-state index contributed by atoms with van der Waals surface area (Å²) in [7, 11) is -3.15. The van der Waals surface area contributed by atoms with Crippen molar-refractivity contribution in [3.8, 4) is 0 Å². The van der Waals surface area contributed by atoms with Crippen molar-refractivity contribution in [1.82, 2.24) is 10.2 Å². The highest BCUT2D eigenvalue weighted by Gasteiger charge is 2.19. The number of urea groups is 1. The molecular weight excluding hydrogens is 240 g/mol. The Labute approximate surface area is 100 Å². The van der Waals surface area contributed by atoms with Crippen LogP contribution in [0.3, 0.4) is 0 Å². The van der Waals surface area contributed by atoms with Crippen LogP contribution in [-0.4, -0.2) is 38.7 Å². The van der Waals surface area contributed by atoms with Gasteiger partial charge < -0.3 is 10.2 Å². The number of sulfone groups is 1. The Bertz CT molecular complexity index is 522. The van der Waals surface area contributed by atoms with Crippen LogP contribution in [0.4, 0.5) is 4.79 Å². The van der Waals surface area contributed by atoms with E-state index in [0.717, 1.165) is 5.56 Å². The van der Waals surface area contributed by atoms with E-state index in [2.05, 4.69) is 5.32 Å². The van der Waals surface area contributed by atoms with E-state index >= 15 is 0 Å². The number of hydrogen-bond donors (Lipinski definition) is 1. The number of nitrogens with zero attached hydrogens (tertiary/aromatic N) is 1. The molecule has 1 aliphatic heterocycles. The van der Waals surface area contributed by atoms with E-state index in [-0.39, 0.29) is 6.03 Å². The third-order valence-corrected chi connectivity index (χ3v) is 3.80. The molecule has 1 saturated heterocycles. The highest BCUT2D eigenvalue weighted by atomic mass is 32.2. The van der Waals surface area contributed by atoms with Crippen molar-refractivity contribution < 1.29 is 13.2 Å². The SMILES string of the molecule is CS(=O)(=O)c1ccc(CN2CCNC2=O)cc1. The van der Waals surface area contributed by atoms with Crippen LogP contribution < -0.4 is 5.32 Å². The summed E-state index contributed by atoms with van der Waals surface area (Å²) in [6.45, 7) is 1.86. The molecule has 0 aliphatic carbocycles. The molecule has 1 aromatic carbocycles. The van der Waals surface area contributed by atoms with Crippen LogP contribution in [0.5, 0.6) is 0 Å². The molecule has 5 nitrogen and oxygen atoms in total. The molecule has 0 unspecified atom stereocenters. The topological polar surface area (TPSA) is 66.5 Å². The minimum absolute atomic E-state index is 0.0720. The fourth-order valence-electron chi connectivity index (χ4n) is 1.72. The van der Waals surface area contributed by atoms with Gasteiger partial charge in [0.05, 0.1) is 4.90 Å². The molecule has 0 bridgehead atoms. The normalized spacial score (nSPS) is 16.1. The molecule has 2 rings (SSSR count). The van der Waals surface area contributed by atoms with Gasteiger partial charge in [-0.2, -0.15) is 0 Å². The monoisotopic (exact) mass is 254 g/mol. The summed E-state index contributed by atoms with van der Waals surface area (Å²) in [6.07, 6.45) is 1.18. The quantitative estimate of drug-likeness (QED) is 0.859. The molecule has 0 radical (unpaired) electrons. The van der Waals surface area contributed by atoms with Crippen molar-refractivity contribution in [2.75, 3.05) is 19.3 Å². The van der Waals surface area contributed by atoms with Gasteiger partial charge in [0.15, 0.2) is 9.84 Å². The number of nitrogens with one attached hydrogen (secondary N) is 1. The molecule has 2 amide bonds. The lowest BCUT2D eigenvalue weighted by molar-refractivity contribution is 0.215. The highest BCUT2D eigenvalue weighted by Crippen LogP contribution is 2.12. The minimum Gasteiger partial charge on any atom is -0.336 e. The van der Waals surface area contributed by atoms with E-state index in [0.29, 0.717) is 24.5 Å². The average molecular weight is 254 g/mol. The molecule has 1 aliphatic rings. The van der Waals surface area contributed by atoms with Gasteiger partial charge in [-0.15, -0.1) is 0 Å². The third kappa shape index (κ3) is 2.76. The standard InChI is InChI=1S/C11H14N2O3S/c1-17(15,16)10-4-2-9(3-5-10)8-13-7-6-12-11(13)14/h2-5H,6-8H2,1H3,(H,12,14). The largest absolute Gasteiger partial charge is 0.336 e. The molecule has 1 heterocycles. The molecule has 0 atom stereocenters. The maximum atomic E-state index is 11.3. The molecule has 0 spiro atoms. The lowest BCUT2D eigenvalue weighted by atomic mass is 10.2. The van der Waals surface area contributed by atoms with Crippen molar-refractivity contribution >= 4 is 15.9 Å². The van der Waals surface area contributed by atoms with Gasteiger partial charge in [0.25, 0.3) is 0 Å². The first kappa shape index (κ1) is 11.9. The average Bonchev–Trinajstić information content (AvgIpc) is 2.64. The number of rotatable bonds is 3. The number of carbonyl (C=O) groups is 1. The summed E-state index contributed by atoms with van der Waals surface area (Å²) < 4.78 is 22.5. The zero-order valence-electron chi connectivity index (χ0n) is 9.51. The Morgan fingerprint density at radius 2 is 1.94 bits per heavy atom. The van der Waals surface area contributed by atoms with Crippen LogP contribution in [0.2, 0.25) is 0 Å². The molecule has 0 aromatic heterocycles. The van der Waals surface area contributed by atoms with Gasteiger partial charge in [0, 0.05) is 25.9 Å². The fourth-order valence-corrected chi connectivity index (χ4v) is 2.35. The van der Waals surface area contributed by atoms with Gasteiger partial charge >= 0.3 is 6.03 Å². The Kier molecular flexibility index (Phi) is 3.06. The zero-order valence-corrected chi connectivity index (χ0v) is 10.3. The molecule has 1 N–H and O–H groups in total. The van der Waals surface area contributed by atoms with Crippen LogP contribution in [0.15, 0.2) is 29.2 Å². The van der Waals surface area contributed by atoms with E-state index in [1.54, 1.807) is 29.2 Å². The third-order valence-electron chi connectivity index (χ3n) is 2.67. The van der Waals surface area contributed by atoms with Gasteiger partial charge in [-0.1, -0.05) is 12.1 Å². The summed E-state index contributed by atoms with van der Waals surface area (Å²) >= 11 is 0. The van der Waals surface area contributed by atoms with E-state index in [4.69, 9.17) is 0 Å².